The maximum atomic E-state index is 13.6. The molecule has 1 aliphatic heterocycles. The molecular weight excluding hydrogens is 843 g/mol. The molecule has 1 aromatic heterocycles. The number of allylic oxidation sites excluding steroid dienone is 3. The number of H-pyrrole nitrogens is 1. The Kier molecular flexibility index (Phi) is 18.6. The van der Waals surface area contributed by atoms with E-state index in [0.29, 0.717) is 48.6 Å². The first-order valence-corrected chi connectivity index (χ1v) is 20.8. The number of likely N-dealkylation sites (N-methyl/N-ethyl adjacent to an activating group) is 1. The van der Waals surface area contributed by atoms with Gasteiger partial charge in [-0.2, -0.15) is 5.48 Å². The van der Waals surface area contributed by atoms with Gasteiger partial charge in [-0.15, -0.1) is 0 Å². The van der Waals surface area contributed by atoms with E-state index in [-0.39, 0.29) is 66.3 Å². The summed E-state index contributed by atoms with van der Waals surface area (Å²) in [5.74, 6) is -2.73. The van der Waals surface area contributed by atoms with E-state index in [1.54, 1.807) is 19.1 Å². The molecular formula is C44H57N11O10. The van der Waals surface area contributed by atoms with E-state index in [9.17, 15) is 33.6 Å². The summed E-state index contributed by atoms with van der Waals surface area (Å²) in [6, 6.07) is 8.49. The number of imide groups is 1. The van der Waals surface area contributed by atoms with Crippen LogP contribution in [0.2, 0.25) is 0 Å². The standard InChI is InChI=1S/C44H57N11O10/c1-7-54(18-17-48-16-15-39(58)53-64-65-63-52-35-10-8-9-31-40(35)44(62)55(43(31)61)30(24-56)12-14-38(47)57)37(46)13-11-26(4)29-20-32(33(22-45)36(21-29)50-25(2)3)41(59)49-23-34-27(5)19-28(6)51-42(34)60/h8-11,13,19-22,24-25,30,45,48,50,52H,7,12,14-18,23,46H2,1-6H3,(H2,47,57)(H,49,59)(H,51,60)(H,53,58)/b26-11+,37-13+,45-22?. The number of nitrogens with two attached hydrogens (primary N) is 2. The Morgan fingerprint density at radius 1 is 0.985 bits per heavy atom. The van der Waals surface area contributed by atoms with Crippen LogP contribution in [0.1, 0.15) is 106 Å². The maximum Gasteiger partial charge on any atom is 0.264 e. The van der Waals surface area contributed by atoms with E-state index < -0.39 is 35.6 Å². The molecule has 11 N–H and O–H groups in total. The van der Waals surface area contributed by atoms with Crippen LogP contribution in [0, 0.1) is 19.3 Å². The number of aldehydes is 1. The zero-order valence-electron chi connectivity index (χ0n) is 37.2. The van der Waals surface area contributed by atoms with Crippen molar-refractivity contribution in [2.45, 2.75) is 79.4 Å². The lowest BCUT2D eigenvalue weighted by Gasteiger charge is -2.23. The predicted octanol–water partition coefficient (Wildman–Crippen LogP) is 2.61. The molecule has 0 radical (unpaired) electrons. The Hall–Kier alpha value is -7.20. The van der Waals surface area contributed by atoms with Crippen LogP contribution in [0.5, 0.6) is 0 Å². The summed E-state index contributed by atoms with van der Waals surface area (Å²) in [5.41, 5.74) is 20.4. The molecule has 5 amide bonds. The van der Waals surface area contributed by atoms with Gasteiger partial charge in [0.25, 0.3) is 23.3 Å². The summed E-state index contributed by atoms with van der Waals surface area (Å²) >= 11 is 0. The fourth-order valence-corrected chi connectivity index (χ4v) is 6.87. The van der Waals surface area contributed by atoms with Crippen LogP contribution >= 0.6 is 0 Å². The monoisotopic (exact) mass is 899 g/mol. The fraction of sp³-hybridized carbons (Fsp3) is 0.364. The number of carbonyl (C=O) groups is 6. The van der Waals surface area contributed by atoms with Crippen LogP contribution in [0.25, 0.3) is 5.57 Å². The lowest BCUT2D eigenvalue weighted by Crippen LogP contribution is -2.41. The number of anilines is 2. The average Bonchev–Trinajstić information content (AvgIpc) is 3.51. The van der Waals surface area contributed by atoms with Crippen LogP contribution in [-0.2, 0) is 35.9 Å². The SMILES string of the molecule is CCN(CCNCCC(=O)NOOONc1cccc2c1C(=O)N(C(C=O)CCC(N)=O)C2=O)/C(N)=C/C=C(\C)c1cc(NC(C)C)c(C=N)c(C(=O)NCc2c(C)cc(C)[nH]c2=O)c1. The number of aromatic amines is 1. The summed E-state index contributed by atoms with van der Waals surface area (Å²) in [4.78, 5) is 102. The number of pyridine rings is 1. The zero-order chi connectivity index (χ0) is 47.8. The molecule has 0 saturated heterocycles. The lowest BCUT2D eigenvalue weighted by molar-refractivity contribution is -0.519. The second-order valence-electron chi connectivity index (χ2n) is 15.4. The molecule has 1 atom stereocenters. The number of rotatable bonds is 26. The molecule has 21 nitrogen and oxygen atoms in total. The van der Waals surface area contributed by atoms with Gasteiger partial charge in [-0.25, -0.2) is 5.48 Å². The number of hydrogen-bond donors (Lipinski definition) is 9. The normalized spacial score (nSPS) is 13.1. The Morgan fingerprint density at radius 3 is 2.40 bits per heavy atom. The van der Waals surface area contributed by atoms with Crippen molar-refractivity contribution in [3.05, 3.63) is 109 Å². The summed E-state index contributed by atoms with van der Waals surface area (Å²) in [7, 11) is 0. The Bertz CT molecular complexity index is 2390. The van der Waals surface area contributed by atoms with Crippen molar-refractivity contribution in [3.8, 4) is 0 Å². The Balaban J connectivity index is 1.25. The minimum atomic E-state index is -1.20. The van der Waals surface area contributed by atoms with Crippen LogP contribution in [0.15, 0.2) is 59.2 Å². The lowest BCUT2D eigenvalue weighted by atomic mass is 9.96. The van der Waals surface area contributed by atoms with E-state index in [0.717, 1.165) is 33.5 Å². The third-order valence-corrected chi connectivity index (χ3v) is 10.2. The van der Waals surface area contributed by atoms with Crippen molar-refractivity contribution >= 4 is 59.0 Å². The van der Waals surface area contributed by atoms with Crippen molar-refractivity contribution in [1.29, 1.82) is 5.41 Å². The summed E-state index contributed by atoms with van der Waals surface area (Å²) in [6.07, 6.45) is 4.80. The molecule has 3 aromatic rings. The third-order valence-electron chi connectivity index (χ3n) is 10.2. The third kappa shape index (κ3) is 13.6. The van der Waals surface area contributed by atoms with Crippen LogP contribution in [-0.4, -0.2) is 95.1 Å². The summed E-state index contributed by atoms with van der Waals surface area (Å²) in [6.45, 7) is 13.2. The Morgan fingerprint density at radius 2 is 1.74 bits per heavy atom. The maximum absolute atomic E-state index is 13.6. The van der Waals surface area contributed by atoms with Gasteiger partial charge in [-0.1, -0.05) is 22.1 Å². The number of hydroxylamine groups is 1. The molecule has 0 spiro atoms. The molecule has 348 valence electrons. The van der Waals surface area contributed by atoms with E-state index in [4.69, 9.17) is 21.9 Å². The number of aromatic nitrogens is 1. The molecule has 2 aromatic carbocycles. The summed E-state index contributed by atoms with van der Waals surface area (Å²) in [5, 5.41) is 22.0. The first kappa shape index (κ1) is 50.4. The second kappa shape index (κ2) is 24.0. The van der Waals surface area contributed by atoms with E-state index >= 15 is 0 Å². The zero-order valence-corrected chi connectivity index (χ0v) is 37.2. The van der Waals surface area contributed by atoms with Gasteiger partial charge in [0.1, 0.15) is 6.29 Å². The first-order chi connectivity index (χ1) is 31.0. The second-order valence-corrected chi connectivity index (χ2v) is 15.4. The predicted molar refractivity (Wildman–Crippen MR) is 242 cm³/mol. The van der Waals surface area contributed by atoms with Crippen LogP contribution in [0.3, 0.4) is 0 Å². The van der Waals surface area contributed by atoms with Crippen LogP contribution in [0.4, 0.5) is 11.4 Å². The number of hydrogen-bond acceptors (Lipinski definition) is 16. The number of aryl methyl sites for hydroxylation is 2. The van der Waals surface area contributed by atoms with Crippen molar-refractivity contribution in [2.24, 2.45) is 11.5 Å². The Labute approximate surface area is 375 Å². The highest BCUT2D eigenvalue weighted by molar-refractivity contribution is 6.24. The minimum Gasteiger partial charge on any atom is -0.385 e. The largest absolute Gasteiger partial charge is 0.385 e. The molecule has 1 aliphatic rings. The molecule has 0 bridgehead atoms. The van der Waals surface area contributed by atoms with Gasteiger partial charge < -0.3 is 47.5 Å². The smallest absolute Gasteiger partial charge is 0.264 e. The molecule has 4 rings (SSSR count). The molecule has 65 heavy (non-hydrogen) atoms. The van der Waals surface area contributed by atoms with Gasteiger partial charge in [-0.05, 0) is 106 Å². The van der Waals surface area contributed by atoms with Gasteiger partial charge in [0, 0.05) is 80.3 Å². The molecule has 21 heteroatoms. The quantitative estimate of drug-likeness (QED) is 0.0106. The van der Waals surface area contributed by atoms with Crippen molar-refractivity contribution in [2.75, 3.05) is 37.0 Å². The minimum absolute atomic E-state index is 0.00320. The van der Waals surface area contributed by atoms with E-state index in [2.05, 4.69) is 36.4 Å². The number of carbonyl (C=O) groups excluding carboxylic acids is 6. The van der Waals surface area contributed by atoms with Gasteiger partial charge in [0.15, 0.2) is 0 Å². The number of benzene rings is 2. The number of amides is 5. The van der Waals surface area contributed by atoms with E-state index in [1.165, 1.54) is 18.2 Å². The van der Waals surface area contributed by atoms with Gasteiger partial charge >= 0.3 is 0 Å². The fourth-order valence-electron chi connectivity index (χ4n) is 6.87. The molecule has 0 saturated carbocycles. The highest BCUT2D eigenvalue weighted by atomic mass is 17.6. The summed E-state index contributed by atoms with van der Waals surface area (Å²) < 4.78 is 0. The number of primary amides is 1. The molecule has 1 unspecified atom stereocenters. The number of nitrogens with zero attached hydrogens (tertiary/aromatic N) is 2. The highest BCUT2D eigenvalue weighted by Crippen LogP contribution is 2.31. The highest BCUT2D eigenvalue weighted by Gasteiger charge is 2.41. The van der Waals surface area contributed by atoms with Gasteiger partial charge in [0.2, 0.25) is 11.8 Å². The average molecular weight is 900 g/mol. The first-order valence-electron chi connectivity index (χ1n) is 20.8. The van der Waals surface area contributed by atoms with Gasteiger partial charge in [0.05, 0.1) is 34.2 Å². The van der Waals surface area contributed by atoms with E-state index in [1.807, 2.05) is 63.2 Å². The number of nitrogens with one attached hydrogen (secondary N) is 7. The van der Waals surface area contributed by atoms with Crippen molar-refractivity contribution in [1.82, 2.24) is 30.9 Å². The van der Waals surface area contributed by atoms with Crippen molar-refractivity contribution in [3.63, 3.8) is 0 Å². The van der Waals surface area contributed by atoms with Gasteiger partial charge in [-0.3, -0.25) is 33.7 Å². The molecule has 0 fully saturated rings. The molecule has 2 heterocycles. The topological polar surface area (TPSA) is 305 Å². The number of fused-ring (bicyclic) bond motifs is 1. The molecule has 0 aliphatic carbocycles. The van der Waals surface area contributed by atoms with Crippen LogP contribution < -0.4 is 43.9 Å². The van der Waals surface area contributed by atoms with Crippen molar-refractivity contribution < 1.29 is 43.8 Å².